The van der Waals surface area contributed by atoms with Crippen molar-refractivity contribution in [2.24, 2.45) is 0 Å². The van der Waals surface area contributed by atoms with E-state index >= 15 is 0 Å². The van der Waals surface area contributed by atoms with E-state index in [1.165, 1.54) is 17.3 Å². The summed E-state index contributed by atoms with van der Waals surface area (Å²) in [6.07, 6.45) is 1.70. The molecule has 2 rings (SSSR count). The van der Waals surface area contributed by atoms with E-state index in [9.17, 15) is 9.59 Å². The third-order valence-corrected chi connectivity index (χ3v) is 4.49. The molecular formula is C19H21NO3S. The zero-order chi connectivity index (χ0) is 17.2. The van der Waals surface area contributed by atoms with E-state index in [2.05, 4.69) is 17.4 Å². The molecule has 0 aliphatic heterocycles. The van der Waals surface area contributed by atoms with E-state index < -0.39 is 5.97 Å². The summed E-state index contributed by atoms with van der Waals surface area (Å²) in [5.41, 5.74) is 2.96. The van der Waals surface area contributed by atoms with Crippen molar-refractivity contribution in [1.82, 2.24) is 5.32 Å². The van der Waals surface area contributed by atoms with E-state index in [1.807, 2.05) is 42.5 Å². The van der Waals surface area contributed by atoms with Crippen LogP contribution in [0.1, 0.15) is 21.5 Å². The van der Waals surface area contributed by atoms with Crippen molar-refractivity contribution in [3.8, 4) is 0 Å². The fourth-order valence-corrected chi connectivity index (χ4v) is 2.94. The summed E-state index contributed by atoms with van der Waals surface area (Å²) in [5, 5.41) is 11.4. The molecule has 0 aromatic heterocycles. The number of aliphatic carboxylic acids is 1. The fraction of sp³-hybridized carbons (Fsp3) is 0.263. The number of carbonyl (C=O) groups excluding carboxylic acids is 1. The second-order valence-corrected chi connectivity index (χ2v) is 6.45. The van der Waals surface area contributed by atoms with Crippen molar-refractivity contribution >= 4 is 23.6 Å². The summed E-state index contributed by atoms with van der Waals surface area (Å²) >= 11 is 1.30. The first-order valence-corrected chi connectivity index (χ1v) is 9.02. The summed E-state index contributed by atoms with van der Waals surface area (Å²) < 4.78 is 0. The largest absolute Gasteiger partial charge is 0.481 e. The highest BCUT2D eigenvalue weighted by molar-refractivity contribution is 7.99. The van der Waals surface area contributed by atoms with E-state index in [1.54, 1.807) is 0 Å². The molecule has 5 heteroatoms. The van der Waals surface area contributed by atoms with Gasteiger partial charge >= 0.3 is 5.97 Å². The molecule has 0 unspecified atom stereocenters. The van der Waals surface area contributed by atoms with Crippen LogP contribution in [0, 0.1) is 0 Å². The van der Waals surface area contributed by atoms with Crippen LogP contribution in [0.4, 0.5) is 0 Å². The highest BCUT2D eigenvalue weighted by Crippen LogP contribution is 2.13. The number of thioether (sulfide) groups is 1. The van der Waals surface area contributed by atoms with Crippen LogP contribution in [-0.2, 0) is 17.6 Å². The minimum atomic E-state index is -0.836. The molecule has 0 fully saturated rings. The number of hydrogen-bond acceptors (Lipinski definition) is 3. The monoisotopic (exact) mass is 343 g/mol. The normalized spacial score (nSPS) is 10.3. The summed E-state index contributed by atoms with van der Waals surface area (Å²) in [7, 11) is 0. The second kappa shape index (κ2) is 9.78. The molecule has 2 aromatic rings. The van der Waals surface area contributed by atoms with Crippen molar-refractivity contribution in [1.29, 1.82) is 0 Å². The van der Waals surface area contributed by atoms with Gasteiger partial charge in [0.05, 0.1) is 5.75 Å². The van der Waals surface area contributed by atoms with Gasteiger partial charge in [-0.05, 0) is 30.0 Å². The number of hydrogen-bond donors (Lipinski definition) is 2. The van der Waals surface area contributed by atoms with Crippen LogP contribution in [0.25, 0.3) is 0 Å². The first kappa shape index (κ1) is 18.1. The van der Waals surface area contributed by atoms with Gasteiger partial charge in [0.2, 0.25) is 0 Å². The summed E-state index contributed by atoms with van der Waals surface area (Å²) in [6, 6.07) is 17.8. The molecule has 4 nitrogen and oxygen atoms in total. The minimum Gasteiger partial charge on any atom is -0.481 e. The van der Waals surface area contributed by atoms with E-state index in [0.717, 1.165) is 18.4 Å². The van der Waals surface area contributed by atoms with Gasteiger partial charge in [0.1, 0.15) is 0 Å². The Bertz CT molecular complexity index is 673. The van der Waals surface area contributed by atoms with Crippen LogP contribution in [0.3, 0.4) is 0 Å². The predicted octanol–water partition coefficient (Wildman–Crippen LogP) is 3.02. The van der Waals surface area contributed by atoms with Gasteiger partial charge in [-0.15, -0.1) is 11.8 Å². The Kier molecular flexibility index (Phi) is 7.36. The van der Waals surface area contributed by atoms with Crippen LogP contribution in [0.15, 0.2) is 54.6 Å². The maximum Gasteiger partial charge on any atom is 0.313 e. The van der Waals surface area contributed by atoms with Crippen molar-refractivity contribution < 1.29 is 14.7 Å². The molecule has 0 heterocycles. The van der Waals surface area contributed by atoms with Crippen LogP contribution < -0.4 is 5.32 Å². The maximum absolute atomic E-state index is 12.3. The number of carbonyl (C=O) groups is 2. The second-order valence-electron chi connectivity index (χ2n) is 5.34. The van der Waals surface area contributed by atoms with Crippen molar-refractivity contribution in [3.05, 3.63) is 71.3 Å². The Morgan fingerprint density at radius 1 is 0.958 bits per heavy atom. The van der Waals surface area contributed by atoms with Gasteiger partial charge in [-0.25, -0.2) is 0 Å². The highest BCUT2D eigenvalue weighted by Gasteiger charge is 2.10. The summed E-state index contributed by atoms with van der Waals surface area (Å²) in [5.74, 6) is -0.291. The molecular weight excluding hydrogens is 322 g/mol. The van der Waals surface area contributed by atoms with Crippen molar-refractivity contribution in [3.63, 3.8) is 0 Å². The van der Waals surface area contributed by atoms with Crippen LogP contribution in [0.2, 0.25) is 0 Å². The van der Waals surface area contributed by atoms with E-state index in [-0.39, 0.29) is 11.7 Å². The number of aryl methyl sites for hydroxylation is 2. The summed E-state index contributed by atoms with van der Waals surface area (Å²) in [4.78, 5) is 22.8. The first-order chi connectivity index (χ1) is 11.7. The molecule has 24 heavy (non-hydrogen) atoms. The number of carboxylic acids is 1. The predicted molar refractivity (Wildman–Crippen MR) is 97.6 cm³/mol. The Labute approximate surface area is 146 Å². The lowest BCUT2D eigenvalue weighted by atomic mass is 9.99. The van der Waals surface area contributed by atoms with Gasteiger partial charge in [0.25, 0.3) is 5.91 Å². The average Bonchev–Trinajstić information content (AvgIpc) is 2.60. The number of rotatable bonds is 9. The molecule has 126 valence electrons. The number of benzene rings is 2. The van der Waals surface area contributed by atoms with Crippen LogP contribution >= 0.6 is 11.8 Å². The molecule has 0 saturated heterocycles. The molecule has 1 amide bonds. The lowest BCUT2D eigenvalue weighted by Crippen LogP contribution is -2.27. The first-order valence-electron chi connectivity index (χ1n) is 7.86. The Morgan fingerprint density at radius 3 is 2.42 bits per heavy atom. The molecule has 0 aliphatic carbocycles. The smallest absolute Gasteiger partial charge is 0.313 e. The lowest BCUT2D eigenvalue weighted by Gasteiger charge is -2.10. The molecule has 0 aliphatic rings. The quantitative estimate of drug-likeness (QED) is 0.687. The average molecular weight is 343 g/mol. The molecule has 2 N–H and O–H groups in total. The van der Waals surface area contributed by atoms with Gasteiger partial charge in [-0.1, -0.05) is 48.5 Å². The fourth-order valence-electron chi connectivity index (χ4n) is 2.37. The van der Waals surface area contributed by atoms with Crippen molar-refractivity contribution in [2.75, 3.05) is 18.1 Å². The van der Waals surface area contributed by atoms with Crippen LogP contribution in [-0.4, -0.2) is 35.0 Å². The molecule has 0 atom stereocenters. The SMILES string of the molecule is O=C(O)CSCCNC(=O)c1ccccc1CCc1ccccc1. The zero-order valence-corrected chi connectivity index (χ0v) is 14.2. The molecule has 2 aromatic carbocycles. The van der Waals surface area contributed by atoms with Gasteiger partial charge in [0, 0.05) is 17.9 Å². The van der Waals surface area contributed by atoms with E-state index in [0.29, 0.717) is 17.9 Å². The summed E-state index contributed by atoms with van der Waals surface area (Å²) in [6.45, 7) is 0.462. The minimum absolute atomic E-state index is 0.0591. The number of nitrogens with one attached hydrogen (secondary N) is 1. The molecule has 0 bridgehead atoms. The highest BCUT2D eigenvalue weighted by atomic mass is 32.2. The Morgan fingerprint density at radius 2 is 1.67 bits per heavy atom. The van der Waals surface area contributed by atoms with Gasteiger partial charge < -0.3 is 10.4 Å². The van der Waals surface area contributed by atoms with Crippen LogP contribution in [0.5, 0.6) is 0 Å². The Balaban J connectivity index is 1.87. The number of carboxylic acid groups (broad SMARTS) is 1. The third-order valence-electron chi connectivity index (χ3n) is 3.55. The standard InChI is InChI=1S/C19H21NO3S/c21-18(22)14-24-13-12-20-19(23)17-9-5-4-8-16(17)11-10-15-6-2-1-3-7-15/h1-9H,10-14H2,(H,20,23)(H,21,22). The van der Waals surface area contributed by atoms with Gasteiger partial charge in [-0.2, -0.15) is 0 Å². The molecule has 0 saturated carbocycles. The lowest BCUT2D eigenvalue weighted by molar-refractivity contribution is -0.133. The zero-order valence-electron chi connectivity index (χ0n) is 13.4. The Hall–Kier alpha value is -2.27. The van der Waals surface area contributed by atoms with Gasteiger partial charge in [0.15, 0.2) is 0 Å². The topological polar surface area (TPSA) is 66.4 Å². The molecule has 0 spiro atoms. The number of amides is 1. The van der Waals surface area contributed by atoms with Crippen molar-refractivity contribution in [2.45, 2.75) is 12.8 Å². The maximum atomic E-state index is 12.3. The van der Waals surface area contributed by atoms with Gasteiger partial charge in [-0.3, -0.25) is 9.59 Å². The third kappa shape index (κ3) is 6.08. The van der Waals surface area contributed by atoms with E-state index in [4.69, 9.17) is 5.11 Å². The molecule has 0 radical (unpaired) electrons.